The number of thioether (sulfide) groups is 1. The Balaban J connectivity index is 1.85. The summed E-state index contributed by atoms with van der Waals surface area (Å²) < 4.78 is 4.75. The quantitative estimate of drug-likeness (QED) is 0.804. The molecule has 0 amide bonds. The van der Waals surface area contributed by atoms with E-state index in [9.17, 15) is 0 Å². The van der Waals surface area contributed by atoms with E-state index in [1.807, 2.05) is 28.1 Å². The van der Waals surface area contributed by atoms with Crippen LogP contribution >= 0.6 is 24.0 Å². The van der Waals surface area contributed by atoms with Crippen LogP contribution in [0.15, 0.2) is 24.3 Å². The van der Waals surface area contributed by atoms with E-state index in [4.69, 9.17) is 17.3 Å². The number of aromatic nitrogens is 3. The topological polar surface area (TPSA) is 26.0 Å². The number of rotatable bonds is 3. The van der Waals surface area contributed by atoms with Gasteiger partial charge in [0.2, 0.25) is 0 Å². The molecule has 1 fully saturated rings. The Labute approximate surface area is 141 Å². The first-order valence-electron chi connectivity index (χ1n) is 7.66. The Morgan fingerprint density at radius 3 is 2.73 bits per heavy atom. The van der Waals surface area contributed by atoms with Crippen molar-refractivity contribution in [3.63, 3.8) is 0 Å². The van der Waals surface area contributed by atoms with Crippen LogP contribution in [0.5, 0.6) is 0 Å². The molecule has 0 N–H and O–H groups in total. The van der Waals surface area contributed by atoms with Crippen molar-refractivity contribution in [1.82, 2.24) is 19.2 Å². The summed E-state index contributed by atoms with van der Waals surface area (Å²) in [5, 5.41) is 4.76. The molecule has 1 aliphatic heterocycles. The van der Waals surface area contributed by atoms with Crippen LogP contribution in [0.2, 0.25) is 0 Å². The van der Waals surface area contributed by atoms with E-state index in [0.717, 1.165) is 35.9 Å². The molecule has 0 aliphatic carbocycles. The van der Waals surface area contributed by atoms with Gasteiger partial charge in [0.15, 0.2) is 10.6 Å². The van der Waals surface area contributed by atoms with Crippen LogP contribution in [0.25, 0.3) is 11.4 Å². The molecule has 0 radical (unpaired) electrons. The lowest BCUT2D eigenvalue weighted by Crippen LogP contribution is -2.29. The first-order chi connectivity index (χ1) is 10.6. The normalized spacial score (nSPS) is 16.6. The van der Waals surface area contributed by atoms with Gasteiger partial charge in [-0.2, -0.15) is 16.9 Å². The molecule has 1 aliphatic rings. The van der Waals surface area contributed by atoms with Crippen LogP contribution in [0, 0.1) is 11.7 Å². The lowest BCUT2D eigenvalue weighted by molar-refractivity contribution is 0.221. The molecule has 0 atom stereocenters. The van der Waals surface area contributed by atoms with Gasteiger partial charge in [0.1, 0.15) is 0 Å². The van der Waals surface area contributed by atoms with E-state index in [1.165, 1.54) is 23.5 Å². The van der Waals surface area contributed by atoms with Crippen LogP contribution in [0.1, 0.15) is 12.0 Å². The first kappa shape index (κ1) is 15.8. The number of aryl methyl sites for hydroxylation is 1. The molecule has 0 bridgehead atoms. The molecule has 1 saturated heterocycles. The maximum atomic E-state index is 5.57. The van der Waals surface area contributed by atoms with Crippen LogP contribution < -0.4 is 0 Å². The summed E-state index contributed by atoms with van der Waals surface area (Å²) in [7, 11) is 2.00. The highest BCUT2D eigenvalue weighted by Gasteiger charge is 2.14. The maximum Gasteiger partial charge on any atom is 0.199 e. The minimum atomic E-state index is 0.785. The zero-order chi connectivity index (χ0) is 15.5. The minimum Gasteiger partial charge on any atom is -0.303 e. The van der Waals surface area contributed by atoms with Crippen molar-refractivity contribution >= 4 is 24.0 Å². The van der Waals surface area contributed by atoms with Gasteiger partial charge in [-0.1, -0.05) is 29.8 Å². The highest BCUT2D eigenvalue weighted by atomic mass is 32.2. The van der Waals surface area contributed by atoms with E-state index in [0.29, 0.717) is 0 Å². The summed E-state index contributed by atoms with van der Waals surface area (Å²) in [6, 6.07) is 8.45. The summed E-state index contributed by atoms with van der Waals surface area (Å²) in [5.74, 6) is 3.40. The Bertz CT molecular complexity index is 679. The highest BCUT2D eigenvalue weighted by Crippen LogP contribution is 2.18. The van der Waals surface area contributed by atoms with E-state index in [1.54, 1.807) is 0 Å². The van der Waals surface area contributed by atoms with Gasteiger partial charge in [-0.05, 0) is 31.3 Å². The summed E-state index contributed by atoms with van der Waals surface area (Å²) in [4.78, 5) is 2.45. The average Bonchev–Trinajstić information content (AvgIpc) is 2.72. The van der Waals surface area contributed by atoms with Crippen molar-refractivity contribution in [3.8, 4) is 11.4 Å². The lowest BCUT2D eigenvalue weighted by Gasteiger charge is -2.18. The maximum absolute atomic E-state index is 5.57. The van der Waals surface area contributed by atoms with E-state index in [-0.39, 0.29) is 0 Å². The zero-order valence-corrected chi connectivity index (χ0v) is 14.8. The van der Waals surface area contributed by atoms with Gasteiger partial charge >= 0.3 is 0 Å². The van der Waals surface area contributed by atoms with Gasteiger partial charge in [0.05, 0.1) is 6.67 Å². The second-order valence-electron chi connectivity index (χ2n) is 5.76. The Morgan fingerprint density at radius 2 is 1.95 bits per heavy atom. The summed E-state index contributed by atoms with van der Waals surface area (Å²) in [5.41, 5.74) is 2.37. The van der Waals surface area contributed by atoms with Crippen molar-refractivity contribution < 1.29 is 0 Å². The van der Waals surface area contributed by atoms with Gasteiger partial charge in [-0.15, -0.1) is 0 Å². The highest BCUT2D eigenvalue weighted by molar-refractivity contribution is 7.99. The molecule has 0 unspecified atom stereocenters. The van der Waals surface area contributed by atoms with Crippen molar-refractivity contribution in [1.29, 1.82) is 0 Å². The first-order valence-corrected chi connectivity index (χ1v) is 9.22. The molecule has 0 spiro atoms. The molecule has 118 valence electrons. The minimum absolute atomic E-state index is 0.785. The van der Waals surface area contributed by atoms with Crippen LogP contribution in [0.4, 0.5) is 0 Å². The van der Waals surface area contributed by atoms with E-state index in [2.05, 4.69) is 36.1 Å². The second-order valence-corrected chi connectivity index (χ2v) is 7.35. The zero-order valence-electron chi connectivity index (χ0n) is 13.2. The molecular formula is C16H22N4S2. The van der Waals surface area contributed by atoms with Crippen LogP contribution in [-0.2, 0) is 13.7 Å². The van der Waals surface area contributed by atoms with Gasteiger partial charge in [-0.25, -0.2) is 4.68 Å². The van der Waals surface area contributed by atoms with Crippen LogP contribution in [-0.4, -0.2) is 43.8 Å². The predicted octanol–water partition coefficient (Wildman–Crippen LogP) is 3.32. The lowest BCUT2D eigenvalue weighted by atomic mass is 10.1. The van der Waals surface area contributed by atoms with Gasteiger partial charge in [0, 0.05) is 31.5 Å². The molecule has 2 aromatic rings. The molecule has 1 aromatic carbocycles. The second kappa shape index (κ2) is 6.98. The number of nitrogens with zero attached hydrogens (tertiary/aromatic N) is 4. The fraction of sp³-hybridized carbons (Fsp3) is 0.500. The third-order valence-corrected chi connectivity index (χ3v) is 5.53. The fourth-order valence-corrected chi connectivity index (χ4v) is 3.77. The Morgan fingerprint density at radius 1 is 1.18 bits per heavy atom. The summed E-state index contributed by atoms with van der Waals surface area (Å²) in [6.07, 6.45) is 1.25. The molecular weight excluding hydrogens is 312 g/mol. The molecule has 0 saturated carbocycles. The SMILES string of the molecule is Cc1ccc(-c2nn(CN3CCCSCC3)c(=S)n2C)cc1. The molecule has 6 heteroatoms. The summed E-state index contributed by atoms with van der Waals surface area (Å²) >= 11 is 7.61. The van der Waals surface area contributed by atoms with Gasteiger partial charge in [0.25, 0.3) is 0 Å². The van der Waals surface area contributed by atoms with Crippen molar-refractivity contribution in [3.05, 3.63) is 34.6 Å². The molecule has 1 aromatic heterocycles. The van der Waals surface area contributed by atoms with Gasteiger partial charge in [-0.3, -0.25) is 4.90 Å². The molecule has 2 heterocycles. The van der Waals surface area contributed by atoms with E-state index < -0.39 is 0 Å². The number of hydrogen-bond acceptors (Lipinski definition) is 4. The largest absolute Gasteiger partial charge is 0.303 e. The van der Waals surface area contributed by atoms with Crippen molar-refractivity contribution in [2.75, 3.05) is 24.6 Å². The van der Waals surface area contributed by atoms with Crippen LogP contribution in [0.3, 0.4) is 0 Å². The Kier molecular flexibility index (Phi) is 5.00. The van der Waals surface area contributed by atoms with Crippen molar-refractivity contribution in [2.24, 2.45) is 7.05 Å². The molecule has 3 rings (SSSR count). The predicted molar refractivity (Wildman–Crippen MR) is 95.7 cm³/mol. The fourth-order valence-electron chi connectivity index (χ4n) is 2.66. The average molecular weight is 335 g/mol. The number of benzene rings is 1. The van der Waals surface area contributed by atoms with Gasteiger partial charge < -0.3 is 4.57 Å². The third kappa shape index (κ3) is 3.45. The summed E-state index contributed by atoms with van der Waals surface area (Å²) in [6.45, 7) is 5.13. The monoisotopic (exact) mass is 334 g/mol. The smallest absolute Gasteiger partial charge is 0.199 e. The number of hydrogen-bond donors (Lipinski definition) is 0. The van der Waals surface area contributed by atoms with E-state index >= 15 is 0 Å². The molecule has 22 heavy (non-hydrogen) atoms. The molecule has 4 nitrogen and oxygen atoms in total. The standard InChI is InChI=1S/C16H22N4S2/c1-13-4-6-14(7-5-13)15-17-20(16(21)18(15)2)12-19-8-3-10-22-11-9-19/h4-7H,3,8-12H2,1-2H3. The third-order valence-electron chi connectivity index (χ3n) is 4.00. The van der Waals surface area contributed by atoms with Crippen molar-refractivity contribution in [2.45, 2.75) is 20.0 Å². The Hall–Kier alpha value is -1.11.